The maximum Gasteiger partial charge on any atom is 0.408 e. The number of esters is 1. The minimum Gasteiger partial charge on any atom is -0.458 e. The van der Waals surface area contributed by atoms with Crippen LogP contribution in [0.5, 0.6) is 0 Å². The molecule has 0 spiro atoms. The molecule has 0 aliphatic heterocycles. The van der Waals surface area contributed by atoms with Crippen LogP contribution in [0.1, 0.15) is 85.0 Å². The van der Waals surface area contributed by atoms with Crippen molar-refractivity contribution < 1.29 is 28.7 Å². The van der Waals surface area contributed by atoms with Gasteiger partial charge in [-0.3, -0.25) is 9.59 Å². The van der Waals surface area contributed by atoms with E-state index in [1.165, 1.54) is 11.9 Å². The van der Waals surface area contributed by atoms with Gasteiger partial charge in [0.2, 0.25) is 11.8 Å². The summed E-state index contributed by atoms with van der Waals surface area (Å²) in [5.74, 6) is -1.91. The molecule has 3 unspecified atom stereocenters. The van der Waals surface area contributed by atoms with Crippen LogP contribution in [0.15, 0.2) is 54.6 Å². The summed E-state index contributed by atoms with van der Waals surface area (Å²) in [5, 5.41) is 5.55. The zero-order chi connectivity index (χ0) is 32.5. The molecule has 2 aromatic carbocycles. The Bertz CT molecular complexity index is 1230. The van der Waals surface area contributed by atoms with Gasteiger partial charge in [0.25, 0.3) is 0 Å². The van der Waals surface area contributed by atoms with Gasteiger partial charge in [-0.1, -0.05) is 75.4 Å². The van der Waals surface area contributed by atoms with Crippen LogP contribution in [0.2, 0.25) is 0 Å². The largest absolute Gasteiger partial charge is 0.458 e. The number of alkyl carbamates (subject to hydrolysis) is 1. The number of amides is 3. The number of nitrogens with zero attached hydrogens (tertiary/aromatic N) is 1. The zero-order valence-electron chi connectivity index (χ0n) is 27.3. The fraction of sp³-hybridized carbons (Fsp3) is 0.529. The lowest BCUT2D eigenvalue weighted by molar-refractivity contribution is -0.159. The number of carbonyl (C=O) groups excluding carboxylic acids is 4. The predicted octanol–water partition coefficient (Wildman–Crippen LogP) is 5.37. The normalized spacial score (nSPS) is 13.8. The summed E-state index contributed by atoms with van der Waals surface area (Å²) in [6.45, 7) is 16.1. The number of likely N-dealkylation sites (N-methyl/N-ethyl adjacent to an activating group) is 1. The SMILES string of the molecule is CCc1ccc(C(C(=O)NC(Cc2ccccc2)C(=O)OC(C)(C)C)N(C)C(=O)C(NC(=O)OC(C)(C)C)C(C)C)cc1. The third kappa shape index (κ3) is 11.4. The van der Waals surface area contributed by atoms with Crippen molar-refractivity contribution in [2.24, 2.45) is 5.92 Å². The lowest BCUT2D eigenvalue weighted by Gasteiger charge is -2.34. The molecule has 0 aliphatic rings. The van der Waals surface area contributed by atoms with Crippen LogP contribution >= 0.6 is 0 Å². The second-order valence-electron chi connectivity index (χ2n) is 13.1. The van der Waals surface area contributed by atoms with E-state index in [2.05, 4.69) is 10.6 Å². The first-order valence-corrected chi connectivity index (χ1v) is 14.8. The van der Waals surface area contributed by atoms with Gasteiger partial charge in [-0.25, -0.2) is 9.59 Å². The van der Waals surface area contributed by atoms with Gasteiger partial charge in [-0.15, -0.1) is 0 Å². The predicted molar refractivity (Wildman–Crippen MR) is 167 cm³/mol. The summed E-state index contributed by atoms with van der Waals surface area (Å²) in [6, 6.07) is 13.7. The van der Waals surface area contributed by atoms with E-state index in [-0.39, 0.29) is 12.3 Å². The molecule has 2 aromatic rings. The van der Waals surface area contributed by atoms with Crippen molar-refractivity contribution in [1.29, 1.82) is 0 Å². The molecule has 43 heavy (non-hydrogen) atoms. The van der Waals surface area contributed by atoms with Crippen LogP contribution in [0.3, 0.4) is 0 Å². The Morgan fingerprint density at radius 3 is 1.84 bits per heavy atom. The molecule has 0 radical (unpaired) electrons. The molecule has 0 aromatic heterocycles. The van der Waals surface area contributed by atoms with Crippen LogP contribution in [0, 0.1) is 5.92 Å². The Kier molecular flexibility index (Phi) is 12.3. The molecule has 3 amide bonds. The molecule has 0 saturated carbocycles. The van der Waals surface area contributed by atoms with E-state index in [1.807, 2.05) is 49.4 Å². The van der Waals surface area contributed by atoms with Crippen molar-refractivity contribution in [2.75, 3.05) is 7.05 Å². The van der Waals surface area contributed by atoms with Gasteiger partial charge in [-0.2, -0.15) is 0 Å². The minimum absolute atomic E-state index is 0.204. The zero-order valence-corrected chi connectivity index (χ0v) is 27.3. The first kappa shape index (κ1) is 35.3. The highest BCUT2D eigenvalue weighted by atomic mass is 16.6. The quantitative estimate of drug-likeness (QED) is 0.338. The molecule has 9 nitrogen and oxygen atoms in total. The van der Waals surface area contributed by atoms with Gasteiger partial charge in [0, 0.05) is 13.5 Å². The molecular formula is C34H49N3O6. The monoisotopic (exact) mass is 595 g/mol. The standard InChI is InChI=1S/C34H49N3O6/c1-11-23-17-19-25(20-18-23)28(37(10)30(39)27(22(2)3)36-32(41)43-34(7,8)9)29(38)35-26(31(40)42-33(4,5)6)21-24-15-13-12-14-16-24/h12-20,22,26-28H,11,21H2,1-10H3,(H,35,38)(H,36,41). The minimum atomic E-state index is -1.10. The third-order valence-electron chi connectivity index (χ3n) is 6.58. The topological polar surface area (TPSA) is 114 Å². The van der Waals surface area contributed by atoms with E-state index in [9.17, 15) is 19.2 Å². The van der Waals surface area contributed by atoms with Gasteiger partial charge >= 0.3 is 12.1 Å². The van der Waals surface area contributed by atoms with Crippen molar-refractivity contribution in [3.05, 3.63) is 71.3 Å². The molecule has 0 aliphatic carbocycles. The summed E-state index contributed by atoms with van der Waals surface area (Å²) < 4.78 is 11.0. The highest BCUT2D eigenvalue weighted by molar-refractivity contribution is 5.94. The summed E-state index contributed by atoms with van der Waals surface area (Å²) in [7, 11) is 1.52. The average molecular weight is 596 g/mol. The van der Waals surface area contributed by atoms with Crippen LogP contribution in [-0.2, 0) is 36.7 Å². The van der Waals surface area contributed by atoms with E-state index in [0.717, 1.165) is 17.5 Å². The lowest BCUT2D eigenvalue weighted by atomic mass is 9.98. The molecule has 0 bridgehead atoms. The van der Waals surface area contributed by atoms with Gasteiger partial charge in [0.1, 0.15) is 29.3 Å². The Balaban J connectivity index is 2.47. The first-order chi connectivity index (χ1) is 19.9. The number of nitrogens with one attached hydrogen (secondary N) is 2. The molecule has 9 heteroatoms. The molecule has 236 valence electrons. The first-order valence-electron chi connectivity index (χ1n) is 14.8. The second kappa shape index (κ2) is 15.0. The van der Waals surface area contributed by atoms with Gasteiger partial charge in [0.15, 0.2) is 0 Å². The number of benzene rings is 2. The number of ether oxygens (including phenoxy) is 2. The fourth-order valence-electron chi connectivity index (χ4n) is 4.45. The van der Waals surface area contributed by atoms with E-state index in [0.29, 0.717) is 5.56 Å². The maximum atomic E-state index is 14.1. The average Bonchev–Trinajstić information content (AvgIpc) is 2.90. The van der Waals surface area contributed by atoms with E-state index in [4.69, 9.17) is 9.47 Å². The van der Waals surface area contributed by atoms with E-state index in [1.54, 1.807) is 67.5 Å². The number of hydrogen-bond donors (Lipinski definition) is 2. The Morgan fingerprint density at radius 1 is 0.791 bits per heavy atom. The van der Waals surface area contributed by atoms with Crippen LogP contribution in [0.4, 0.5) is 4.79 Å². The molecule has 2 rings (SSSR count). The van der Waals surface area contributed by atoms with Gasteiger partial charge in [-0.05, 0) is 70.6 Å². The third-order valence-corrected chi connectivity index (χ3v) is 6.58. The van der Waals surface area contributed by atoms with Crippen molar-refractivity contribution >= 4 is 23.9 Å². The smallest absolute Gasteiger partial charge is 0.408 e. The maximum absolute atomic E-state index is 14.1. The molecule has 0 heterocycles. The van der Waals surface area contributed by atoms with Crippen LogP contribution in [0.25, 0.3) is 0 Å². The van der Waals surface area contributed by atoms with Crippen molar-refractivity contribution in [3.63, 3.8) is 0 Å². The summed E-state index contributed by atoms with van der Waals surface area (Å²) in [5.41, 5.74) is 0.955. The highest BCUT2D eigenvalue weighted by Gasteiger charge is 2.37. The van der Waals surface area contributed by atoms with Gasteiger partial charge in [0.05, 0.1) is 0 Å². The molecule has 0 fully saturated rings. The van der Waals surface area contributed by atoms with Crippen molar-refractivity contribution in [3.8, 4) is 0 Å². The van der Waals surface area contributed by atoms with E-state index >= 15 is 0 Å². The summed E-state index contributed by atoms with van der Waals surface area (Å²) >= 11 is 0. The molecular weight excluding hydrogens is 546 g/mol. The Hall–Kier alpha value is -3.88. The second-order valence-corrected chi connectivity index (χ2v) is 13.1. The number of aryl methyl sites for hydroxylation is 1. The summed E-state index contributed by atoms with van der Waals surface area (Å²) in [4.78, 5) is 55.2. The van der Waals surface area contributed by atoms with Crippen molar-refractivity contribution in [1.82, 2.24) is 15.5 Å². The van der Waals surface area contributed by atoms with Crippen LogP contribution < -0.4 is 10.6 Å². The van der Waals surface area contributed by atoms with Crippen LogP contribution in [-0.4, -0.2) is 59.1 Å². The fourth-order valence-corrected chi connectivity index (χ4v) is 4.45. The number of rotatable bonds is 11. The number of carbonyl (C=O) groups is 4. The van der Waals surface area contributed by atoms with Gasteiger partial charge < -0.3 is 25.0 Å². The molecule has 0 saturated heterocycles. The summed E-state index contributed by atoms with van der Waals surface area (Å²) in [6.07, 6.45) is 0.281. The lowest BCUT2D eigenvalue weighted by Crippen LogP contribution is -2.55. The molecule has 2 N–H and O–H groups in total. The Morgan fingerprint density at radius 2 is 1.35 bits per heavy atom. The van der Waals surface area contributed by atoms with Crippen molar-refractivity contribution in [2.45, 2.75) is 104 Å². The molecule has 3 atom stereocenters. The number of hydrogen-bond acceptors (Lipinski definition) is 6. The Labute approximate surface area is 256 Å². The highest BCUT2D eigenvalue weighted by Crippen LogP contribution is 2.24. The van der Waals surface area contributed by atoms with E-state index < -0.39 is 53.2 Å².